The number of thiazole rings is 1. The molecule has 2 amide bonds. The SMILES string of the molecule is Cc1cnc(C(NC(=O)NC(C)CO)C2CC2)s1. The predicted molar refractivity (Wildman–Crippen MR) is 70.5 cm³/mol. The zero-order valence-electron chi connectivity index (χ0n) is 10.6. The van der Waals surface area contributed by atoms with Crippen LogP contribution in [0.3, 0.4) is 0 Å². The molecule has 2 unspecified atom stereocenters. The Balaban J connectivity index is 1.97. The summed E-state index contributed by atoms with van der Waals surface area (Å²) in [6, 6.07) is -0.459. The van der Waals surface area contributed by atoms with Gasteiger partial charge < -0.3 is 15.7 Å². The first-order valence-electron chi connectivity index (χ1n) is 6.20. The number of aryl methyl sites for hydroxylation is 1. The van der Waals surface area contributed by atoms with Gasteiger partial charge in [-0.15, -0.1) is 11.3 Å². The van der Waals surface area contributed by atoms with Crippen molar-refractivity contribution in [2.24, 2.45) is 5.92 Å². The van der Waals surface area contributed by atoms with Gasteiger partial charge in [0.05, 0.1) is 18.7 Å². The van der Waals surface area contributed by atoms with Gasteiger partial charge in [0.15, 0.2) is 0 Å². The van der Waals surface area contributed by atoms with E-state index in [1.54, 1.807) is 18.3 Å². The van der Waals surface area contributed by atoms with Gasteiger partial charge in [-0.05, 0) is 32.6 Å². The molecule has 0 bridgehead atoms. The van der Waals surface area contributed by atoms with E-state index in [4.69, 9.17) is 5.11 Å². The van der Waals surface area contributed by atoms with Crippen LogP contribution in [0.25, 0.3) is 0 Å². The van der Waals surface area contributed by atoms with Gasteiger partial charge in [-0.2, -0.15) is 0 Å². The van der Waals surface area contributed by atoms with Gasteiger partial charge in [0.2, 0.25) is 0 Å². The lowest BCUT2D eigenvalue weighted by atomic mass is 10.2. The Bertz CT molecular complexity index is 417. The van der Waals surface area contributed by atoms with Crippen molar-refractivity contribution in [1.29, 1.82) is 0 Å². The molecule has 0 saturated heterocycles. The third-order valence-corrected chi connectivity index (χ3v) is 3.93. The molecular weight excluding hydrogens is 250 g/mol. The Morgan fingerprint density at radius 2 is 2.33 bits per heavy atom. The highest BCUT2D eigenvalue weighted by Crippen LogP contribution is 2.41. The standard InChI is InChI=1S/C12H19N3O2S/c1-7(6-16)14-12(17)15-10(9-3-4-9)11-13-5-8(2)18-11/h5,7,9-10,16H,3-4,6H2,1-2H3,(H2,14,15,17). The van der Waals surface area contributed by atoms with Crippen LogP contribution in [0.4, 0.5) is 4.79 Å². The van der Waals surface area contributed by atoms with Gasteiger partial charge in [0.1, 0.15) is 5.01 Å². The van der Waals surface area contributed by atoms with Crippen LogP contribution in [0.1, 0.15) is 35.7 Å². The minimum absolute atomic E-state index is 0.00888. The van der Waals surface area contributed by atoms with E-state index < -0.39 is 0 Å². The van der Waals surface area contributed by atoms with Gasteiger partial charge in [0.25, 0.3) is 0 Å². The molecule has 0 radical (unpaired) electrons. The molecule has 1 aliphatic rings. The summed E-state index contributed by atoms with van der Waals surface area (Å²) >= 11 is 1.63. The predicted octanol–water partition coefficient (Wildman–Crippen LogP) is 1.58. The number of carbonyl (C=O) groups excluding carboxylic acids is 1. The number of rotatable bonds is 5. The molecule has 1 fully saturated rings. The maximum absolute atomic E-state index is 11.8. The number of aromatic nitrogens is 1. The second-order valence-electron chi connectivity index (χ2n) is 4.83. The molecule has 0 spiro atoms. The topological polar surface area (TPSA) is 74.2 Å². The third kappa shape index (κ3) is 3.43. The number of urea groups is 1. The van der Waals surface area contributed by atoms with Crippen LogP contribution in [-0.4, -0.2) is 28.8 Å². The molecule has 1 heterocycles. The first kappa shape index (κ1) is 13.3. The van der Waals surface area contributed by atoms with E-state index in [9.17, 15) is 4.79 Å². The zero-order valence-corrected chi connectivity index (χ0v) is 11.5. The summed E-state index contributed by atoms with van der Waals surface area (Å²) in [5, 5.41) is 15.5. The lowest BCUT2D eigenvalue weighted by Gasteiger charge is -2.18. The fourth-order valence-corrected chi connectivity index (χ4v) is 2.70. The molecule has 18 heavy (non-hydrogen) atoms. The first-order valence-corrected chi connectivity index (χ1v) is 7.02. The molecule has 3 N–H and O–H groups in total. The minimum atomic E-state index is -0.235. The van der Waals surface area contributed by atoms with Crippen molar-refractivity contribution >= 4 is 17.4 Å². The Kier molecular flexibility index (Phi) is 4.19. The second-order valence-corrected chi connectivity index (χ2v) is 6.09. The van der Waals surface area contributed by atoms with Crippen LogP contribution in [-0.2, 0) is 0 Å². The monoisotopic (exact) mass is 269 g/mol. The van der Waals surface area contributed by atoms with Gasteiger partial charge in [0, 0.05) is 11.1 Å². The Morgan fingerprint density at radius 1 is 1.61 bits per heavy atom. The molecular formula is C12H19N3O2S. The highest BCUT2D eigenvalue weighted by atomic mass is 32.1. The largest absolute Gasteiger partial charge is 0.394 e. The van der Waals surface area contributed by atoms with Crippen LogP contribution in [0.15, 0.2) is 6.20 Å². The number of hydrogen-bond donors (Lipinski definition) is 3. The minimum Gasteiger partial charge on any atom is -0.394 e. The van der Waals surface area contributed by atoms with Crippen molar-refractivity contribution in [2.45, 2.75) is 38.8 Å². The summed E-state index contributed by atoms with van der Waals surface area (Å²) in [6.07, 6.45) is 4.11. The van der Waals surface area contributed by atoms with Crippen LogP contribution >= 0.6 is 11.3 Å². The average molecular weight is 269 g/mol. The summed E-state index contributed by atoms with van der Waals surface area (Å²) in [5.74, 6) is 0.505. The van der Waals surface area contributed by atoms with Gasteiger partial charge in [-0.3, -0.25) is 0 Å². The normalized spacial score (nSPS) is 18.2. The fourth-order valence-electron chi connectivity index (χ4n) is 1.78. The molecule has 1 aromatic rings. The molecule has 2 rings (SSSR count). The lowest BCUT2D eigenvalue weighted by Crippen LogP contribution is -2.44. The molecule has 0 aromatic carbocycles. The summed E-state index contributed by atoms with van der Waals surface area (Å²) in [7, 11) is 0. The van der Waals surface area contributed by atoms with E-state index in [2.05, 4.69) is 15.6 Å². The van der Waals surface area contributed by atoms with Crippen molar-refractivity contribution in [3.8, 4) is 0 Å². The smallest absolute Gasteiger partial charge is 0.315 e. The van der Waals surface area contributed by atoms with Crippen molar-refractivity contribution in [3.63, 3.8) is 0 Å². The lowest BCUT2D eigenvalue weighted by molar-refractivity contribution is 0.216. The Labute approximate surface area is 111 Å². The second kappa shape index (κ2) is 5.67. The van der Waals surface area contributed by atoms with Crippen molar-refractivity contribution in [2.75, 3.05) is 6.61 Å². The van der Waals surface area contributed by atoms with Gasteiger partial charge in [-0.1, -0.05) is 0 Å². The molecule has 100 valence electrons. The average Bonchev–Trinajstić information content (AvgIpc) is 3.08. The summed E-state index contributed by atoms with van der Waals surface area (Å²) < 4.78 is 0. The summed E-state index contributed by atoms with van der Waals surface area (Å²) in [4.78, 5) is 17.3. The van der Waals surface area contributed by atoms with E-state index >= 15 is 0 Å². The molecule has 1 saturated carbocycles. The van der Waals surface area contributed by atoms with Crippen LogP contribution in [0, 0.1) is 12.8 Å². The number of aliphatic hydroxyl groups is 1. The van der Waals surface area contributed by atoms with Crippen LogP contribution in [0.5, 0.6) is 0 Å². The van der Waals surface area contributed by atoms with Crippen molar-refractivity contribution < 1.29 is 9.90 Å². The summed E-state index contributed by atoms with van der Waals surface area (Å²) in [6.45, 7) is 3.72. The number of amides is 2. The van der Waals surface area contributed by atoms with Crippen molar-refractivity contribution in [3.05, 3.63) is 16.1 Å². The Morgan fingerprint density at radius 3 is 2.83 bits per heavy atom. The van der Waals surface area contributed by atoms with E-state index in [-0.39, 0.29) is 24.7 Å². The van der Waals surface area contributed by atoms with Gasteiger partial charge >= 0.3 is 6.03 Å². The Hall–Kier alpha value is -1.14. The fraction of sp³-hybridized carbons (Fsp3) is 0.667. The number of nitrogens with one attached hydrogen (secondary N) is 2. The number of hydrogen-bond acceptors (Lipinski definition) is 4. The van der Waals surface area contributed by atoms with Crippen molar-refractivity contribution in [1.82, 2.24) is 15.6 Å². The molecule has 1 aromatic heterocycles. The zero-order chi connectivity index (χ0) is 13.1. The van der Waals surface area contributed by atoms with E-state index in [0.717, 1.165) is 22.7 Å². The summed E-state index contributed by atoms with van der Waals surface area (Å²) in [5.41, 5.74) is 0. The highest BCUT2D eigenvalue weighted by Gasteiger charge is 2.35. The van der Waals surface area contributed by atoms with E-state index in [1.807, 2.05) is 13.1 Å². The molecule has 2 atom stereocenters. The van der Waals surface area contributed by atoms with E-state index in [1.165, 1.54) is 0 Å². The number of nitrogens with zero attached hydrogens (tertiary/aromatic N) is 1. The molecule has 5 nitrogen and oxygen atoms in total. The molecule has 0 aliphatic heterocycles. The highest BCUT2D eigenvalue weighted by molar-refractivity contribution is 7.11. The first-order chi connectivity index (χ1) is 8.60. The van der Waals surface area contributed by atoms with Crippen LogP contribution in [0.2, 0.25) is 0 Å². The maximum atomic E-state index is 11.8. The van der Waals surface area contributed by atoms with E-state index in [0.29, 0.717) is 5.92 Å². The number of aliphatic hydroxyl groups excluding tert-OH is 1. The number of carbonyl (C=O) groups is 1. The quantitative estimate of drug-likeness (QED) is 0.760. The van der Waals surface area contributed by atoms with Crippen LogP contribution < -0.4 is 10.6 Å². The third-order valence-electron chi connectivity index (χ3n) is 2.94. The molecule has 1 aliphatic carbocycles. The van der Waals surface area contributed by atoms with Gasteiger partial charge in [-0.25, -0.2) is 9.78 Å². The molecule has 6 heteroatoms. The maximum Gasteiger partial charge on any atom is 0.315 e.